The summed E-state index contributed by atoms with van der Waals surface area (Å²) in [5.41, 5.74) is 0. The maximum Gasteiger partial charge on any atom is 2.00 e. The molecule has 0 amide bonds. The van der Waals surface area contributed by atoms with Crippen LogP contribution in [0.4, 0.5) is 25.2 Å². The van der Waals surface area contributed by atoms with Crippen molar-refractivity contribution >= 4 is 21.7 Å². The Balaban J connectivity index is -0.0000000986. The van der Waals surface area contributed by atoms with E-state index in [2.05, 4.69) is 31.8 Å². The van der Waals surface area contributed by atoms with Crippen molar-refractivity contribution in [3.8, 4) is 0 Å². The largest absolute Gasteiger partial charge is 2.00 e. The fourth-order valence-electron chi connectivity index (χ4n) is 0.321. The van der Waals surface area contributed by atoms with Gasteiger partial charge in [-0.3, -0.25) is 0 Å². The molecule has 136 valence electrons. The third-order valence-electron chi connectivity index (χ3n) is 0.764. The van der Waals surface area contributed by atoms with Crippen LogP contribution in [0.3, 0.4) is 0 Å². The van der Waals surface area contributed by atoms with Crippen molar-refractivity contribution in [1.29, 1.82) is 0 Å². The summed E-state index contributed by atoms with van der Waals surface area (Å²) in [6, 6.07) is 0. The molecule has 0 saturated heterocycles. The second-order valence-corrected chi connectivity index (χ2v) is 8.53. The quantitative estimate of drug-likeness (QED) is 0.107. The van der Waals surface area contributed by atoms with E-state index in [1.165, 1.54) is 6.92 Å². The first kappa shape index (κ1) is 30.4. The van der Waals surface area contributed by atoms with Gasteiger partial charge in [0, 0.05) is 0 Å². The van der Waals surface area contributed by atoms with E-state index >= 15 is 0 Å². The van der Waals surface area contributed by atoms with Gasteiger partial charge in [-0.1, -0.05) is 0 Å². The Morgan fingerprint density at radius 3 is 1.05 bits per heavy atom. The van der Waals surface area contributed by atoms with Gasteiger partial charge in [0.05, 0.1) is 6.92 Å². The van der Waals surface area contributed by atoms with Gasteiger partial charge in [-0.25, -0.2) is 0 Å². The van der Waals surface area contributed by atoms with E-state index < -0.39 is 7.81 Å². The van der Waals surface area contributed by atoms with Crippen LogP contribution in [0.1, 0.15) is 6.92 Å². The second-order valence-electron chi connectivity index (χ2n) is 3.93. The predicted octanol–water partition coefficient (Wildman–Crippen LogP) is 6.08. The standard InChI is InChI=1S/C5H5.C3H5O2.C3H9P.F6P.Rh/c1-2-4-5-3-1;1-3(4)5-2;1-4(2)3;1-7(2,3,4,5)6;/h1-5H;2H2,1H3;1-3H3;;/q;-1;;-1;+2/p+1. The van der Waals surface area contributed by atoms with Crippen molar-refractivity contribution in [2.45, 2.75) is 6.92 Å². The molecule has 0 aromatic carbocycles. The van der Waals surface area contributed by atoms with Crippen molar-refractivity contribution in [2.75, 3.05) is 20.0 Å². The summed E-state index contributed by atoms with van der Waals surface area (Å²) in [4.78, 5) is 7.99. The number of carbonyl (C=O) groups excluding carboxylic acids is 1. The van der Waals surface area contributed by atoms with Gasteiger partial charge in [0.2, 0.25) is 0 Å². The number of esters is 1. The third kappa shape index (κ3) is 138. The van der Waals surface area contributed by atoms with Crippen LogP contribution in [0.2, 0.25) is 0 Å². The molecule has 11 heteroatoms. The van der Waals surface area contributed by atoms with Gasteiger partial charge < -0.3 is 9.53 Å². The molecule has 0 unspecified atom stereocenters. The van der Waals surface area contributed by atoms with Crippen LogP contribution in [-0.2, 0) is 24.2 Å². The molecule has 1 aliphatic carbocycles. The number of halogens is 6. The minimum Gasteiger partial charge on any atom is -0.496 e. The van der Waals surface area contributed by atoms with Crippen LogP contribution >= 0.6 is 15.7 Å². The van der Waals surface area contributed by atoms with E-state index in [9.17, 15) is 25.2 Å². The molecule has 6 radical (unpaired) electrons. The number of hydrogen-bond acceptors (Lipinski definition) is 1. The Bertz CT molecular complexity index is 256. The van der Waals surface area contributed by atoms with Crippen molar-refractivity contribution in [2.24, 2.45) is 0 Å². The van der Waals surface area contributed by atoms with E-state index in [1.807, 2.05) is 32.1 Å². The molecule has 22 heavy (non-hydrogen) atoms. The van der Waals surface area contributed by atoms with Crippen LogP contribution in [0.15, 0.2) is 0 Å². The topological polar surface area (TPSA) is 30.6 Å². The molecule has 1 rings (SSSR count). The van der Waals surface area contributed by atoms with Crippen molar-refractivity contribution in [3.63, 3.8) is 0 Å². The zero-order chi connectivity index (χ0) is 17.8. The van der Waals surface area contributed by atoms with Crippen LogP contribution < -0.4 is 0 Å². The molecule has 0 aliphatic heterocycles. The van der Waals surface area contributed by atoms with Gasteiger partial charge in [-0.05, 0) is 59.2 Å². The van der Waals surface area contributed by atoms with Crippen LogP contribution in [-0.4, -0.2) is 30.8 Å². The summed E-state index contributed by atoms with van der Waals surface area (Å²) in [6.07, 6.45) is 10.0. The van der Waals surface area contributed by atoms with Crippen molar-refractivity contribution in [3.05, 3.63) is 39.2 Å². The average molecular weight is 463 g/mol. The number of rotatable bonds is 0. The van der Waals surface area contributed by atoms with Crippen LogP contribution in [0.5, 0.6) is 0 Å². The summed E-state index contributed by atoms with van der Waals surface area (Å²) in [7, 11) is -7.38. The molecule has 1 fully saturated rings. The molecule has 2 nitrogen and oxygen atoms in total. The van der Waals surface area contributed by atoms with E-state index in [0.717, 1.165) is 0 Å². The summed E-state index contributed by atoms with van der Waals surface area (Å²) < 4.78 is 63.2. The molecule has 0 bridgehead atoms. The molecule has 0 aromatic heterocycles. The van der Waals surface area contributed by atoms with Gasteiger partial charge in [0.1, 0.15) is 0 Å². The normalized spacial score (nSPS) is 16.0. The molecule has 0 atom stereocenters. The Morgan fingerprint density at radius 1 is 0.909 bits per heavy atom. The van der Waals surface area contributed by atoms with Crippen molar-refractivity contribution in [1.82, 2.24) is 0 Å². The monoisotopic (exact) mass is 463 g/mol. The molecule has 0 spiro atoms. The first-order valence-corrected chi connectivity index (χ1v) is 9.95. The summed E-state index contributed by atoms with van der Waals surface area (Å²) >= 11 is 0. The molecule has 1 N–H and O–H groups in total. The minimum atomic E-state index is -10.7. The van der Waals surface area contributed by atoms with Crippen LogP contribution in [0, 0.1) is 39.2 Å². The summed E-state index contributed by atoms with van der Waals surface area (Å²) in [5.74, 6) is -0.106. The molecule has 0 aromatic rings. The Morgan fingerprint density at radius 2 is 1.00 bits per heavy atom. The third-order valence-corrected chi connectivity index (χ3v) is 0.764. The first-order valence-electron chi connectivity index (χ1n) is 5.24. The average Bonchev–Trinajstić information content (AvgIpc) is 2.68. The number of ether oxygens (including phenoxy) is 1. The molecular formula is C11H20F6O2P2Rh+. The Kier molecular flexibility index (Phi) is 16.6. The van der Waals surface area contributed by atoms with E-state index in [4.69, 9.17) is 4.79 Å². The molecular weight excluding hydrogens is 443 g/mol. The minimum absolute atomic E-state index is 0. The van der Waals surface area contributed by atoms with Gasteiger partial charge in [-0.2, -0.15) is 0 Å². The maximum atomic E-state index is 9.87. The summed E-state index contributed by atoms with van der Waals surface area (Å²) in [6.45, 7) is 8.10. The first-order chi connectivity index (χ1) is 8.95. The summed E-state index contributed by atoms with van der Waals surface area (Å²) in [5, 5.41) is 0. The zero-order valence-electron chi connectivity index (χ0n) is 12.4. The Labute approximate surface area is 142 Å². The zero-order valence-corrected chi connectivity index (χ0v) is 15.9. The molecule has 1 aliphatic rings. The molecule has 1 saturated carbocycles. The van der Waals surface area contributed by atoms with Crippen LogP contribution in [0.25, 0.3) is 0 Å². The van der Waals surface area contributed by atoms with Gasteiger partial charge in [0.15, 0.2) is 0 Å². The predicted molar refractivity (Wildman–Crippen MR) is 78.8 cm³/mol. The van der Waals surface area contributed by atoms with Gasteiger partial charge >= 0.3 is 58.4 Å². The number of hydrogen-bond donors (Lipinski definition) is 0. The Hall–Kier alpha value is 0.533. The smallest absolute Gasteiger partial charge is 0.496 e. The second kappa shape index (κ2) is 12.0. The fourth-order valence-corrected chi connectivity index (χ4v) is 0.321. The van der Waals surface area contributed by atoms with Gasteiger partial charge in [0.25, 0.3) is 0 Å². The molecule has 0 heterocycles. The van der Waals surface area contributed by atoms with E-state index in [-0.39, 0.29) is 25.4 Å². The maximum absolute atomic E-state index is 10.7. The van der Waals surface area contributed by atoms with Crippen molar-refractivity contribution < 1.29 is 54.2 Å². The van der Waals surface area contributed by atoms with Gasteiger partial charge in [-0.15, -0.1) is 7.92 Å². The fraction of sp³-hybridized carbons (Fsp3) is 0.364. The SMILES string of the molecule is CP(C)C.F[P-](F)(F)(F)(F)F.[CH2-]OC(C)=[OH+].[CH]1[CH][CH][CH][CH]1.[Rh+2]. The van der Waals surface area contributed by atoms with E-state index in [0.29, 0.717) is 7.92 Å². The van der Waals surface area contributed by atoms with E-state index in [1.54, 1.807) is 0 Å².